The van der Waals surface area contributed by atoms with Crippen molar-refractivity contribution < 1.29 is 31.1 Å². The quantitative estimate of drug-likeness (QED) is 0.322. The molecule has 4 rings (SSSR count). The van der Waals surface area contributed by atoms with E-state index >= 15 is 0 Å². The van der Waals surface area contributed by atoms with E-state index in [4.69, 9.17) is 0 Å². The number of nitrogens with zero attached hydrogens (tertiary/aromatic N) is 1. The number of fused-ring (bicyclic) bond motifs is 1. The van der Waals surface area contributed by atoms with Crippen molar-refractivity contribution >= 4 is 28.2 Å². The van der Waals surface area contributed by atoms with E-state index in [1.807, 2.05) is 18.7 Å². The molecular formula is C27H27F6N3O2. The molecule has 0 spiro atoms. The summed E-state index contributed by atoms with van der Waals surface area (Å²) in [6.07, 6.45) is -4.33. The maximum absolute atomic E-state index is 14.1. The summed E-state index contributed by atoms with van der Waals surface area (Å²) in [5.74, 6) is -1.25. The monoisotopic (exact) mass is 539 g/mol. The number of rotatable bonds is 6. The van der Waals surface area contributed by atoms with Crippen LogP contribution in [0.4, 0.5) is 37.7 Å². The molecule has 1 aliphatic rings. The van der Waals surface area contributed by atoms with E-state index < -0.39 is 51.5 Å². The van der Waals surface area contributed by atoms with Gasteiger partial charge in [-0.2, -0.15) is 26.3 Å². The number of anilines is 2. The van der Waals surface area contributed by atoms with E-state index in [9.17, 15) is 35.9 Å². The highest BCUT2D eigenvalue weighted by Gasteiger charge is 2.38. The summed E-state index contributed by atoms with van der Waals surface area (Å²) in [5, 5.41) is 1.33. The topological polar surface area (TPSA) is 65.2 Å². The van der Waals surface area contributed by atoms with Gasteiger partial charge in [0, 0.05) is 29.5 Å². The van der Waals surface area contributed by atoms with Gasteiger partial charge in [0.1, 0.15) is 5.56 Å². The van der Waals surface area contributed by atoms with Gasteiger partial charge in [0.2, 0.25) is 5.43 Å². The second-order valence-electron chi connectivity index (χ2n) is 9.57. The summed E-state index contributed by atoms with van der Waals surface area (Å²) in [6, 6.07) is 6.76. The molecule has 1 saturated heterocycles. The van der Waals surface area contributed by atoms with Crippen molar-refractivity contribution in [1.82, 2.24) is 4.98 Å². The Bertz CT molecular complexity index is 1400. The lowest BCUT2D eigenvalue weighted by Crippen LogP contribution is -2.34. The fourth-order valence-electron chi connectivity index (χ4n) is 5.16. The van der Waals surface area contributed by atoms with Gasteiger partial charge >= 0.3 is 12.4 Å². The highest BCUT2D eigenvalue weighted by atomic mass is 19.4. The summed E-state index contributed by atoms with van der Waals surface area (Å²) < 4.78 is 82.6. The number of halogens is 6. The van der Waals surface area contributed by atoms with Gasteiger partial charge in [-0.05, 0) is 56.5 Å². The van der Waals surface area contributed by atoms with Gasteiger partial charge in [-0.25, -0.2) is 0 Å². The molecule has 2 N–H and O–H groups in total. The van der Waals surface area contributed by atoms with E-state index in [1.54, 1.807) is 0 Å². The highest BCUT2D eigenvalue weighted by molar-refractivity contribution is 6.06. The first kappa shape index (κ1) is 27.5. The minimum atomic E-state index is -4.87. The van der Waals surface area contributed by atoms with Crippen LogP contribution in [0.1, 0.15) is 67.4 Å². The van der Waals surface area contributed by atoms with Gasteiger partial charge < -0.3 is 15.2 Å². The molecule has 11 heteroatoms. The van der Waals surface area contributed by atoms with E-state index in [2.05, 4.69) is 10.3 Å². The Morgan fingerprint density at radius 2 is 1.76 bits per heavy atom. The predicted molar refractivity (Wildman–Crippen MR) is 133 cm³/mol. The summed E-state index contributed by atoms with van der Waals surface area (Å²) >= 11 is 0. The van der Waals surface area contributed by atoms with Crippen molar-refractivity contribution in [3.8, 4) is 0 Å². The van der Waals surface area contributed by atoms with Crippen LogP contribution in [0.5, 0.6) is 0 Å². The Morgan fingerprint density at radius 3 is 2.42 bits per heavy atom. The van der Waals surface area contributed by atoms with Gasteiger partial charge in [0.05, 0.1) is 22.2 Å². The van der Waals surface area contributed by atoms with E-state index in [0.717, 1.165) is 56.5 Å². The van der Waals surface area contributed by atoms with Crippen LogP contribution in [0.15, 0.2) is 47.4 Å². The average molecular weight is 540 g/mol. The molecule has 1 fully saturated rings. The molecular weight excluding hydrogens is 512 g/mol. The van der Waals surface area contributed by atoms with Gasteiger partial charge in [-0.15, -0.1) is 0 Å². The molecule has 1 aliphatic heterocycles. The van der Waals surface area contributed by atoms with Crippen molar-refractivity contribution in [3.63, 3.8) is 0 Å². The maximum Gasteiger partial charge on any atom is 0.418 e. The molecule has 1 amide bonds. The summed E-state index contributed by atoms with van der Waals surface area (Å²) in [6.45, 7) is 4.00. The van der Waals surface area contributed by atoms with Crippen LogP contribution in [0.25, 0.3) is 10.9 Å². The van der Waals surface area contributed by atoms with Gasteiger partial charge in [-0.1, -0.05) is 25.8 Å². The van der Waals surface area contributed by atoms with Crippen LogP contribution in [0.2, 0.25) is 0 Å². The predicted octanol–water partition coefficient (Wildman–Crippen LogP) is 7.37. The molecule has 2 atom stereocenters. The minimum absolute atomic E-state index is 0.0392. The Hall–Kier alpha value is -3.50. The van der Waals surface area contributed by atoms with Crippen LogP contribution < -0.4 is 15.6 Å². The average Bonchev–Trinajstić information content (AvgIpc) is 3.21. The van der Waals surface area contributed by atoms with Crippen molar-refractivity contribution in [2.24, 2.45) is 0 Å². The van der Waals surface area contributed by atoms with Crippen LogP contribution >= 0.6 is 0 Å². The van der Waals surface area contributed by atoms with E-state index in [-0.39, 0.29) is 17.6 Å². The Balaban J connectivity index is 1.71. The highest BCUT2D eigenvalue weighted by Crippen LogP contribution is 2.41. The van der Waals surface area contributed by atoms with Crippen molar-refractivity contribution in [1.29, 1.82) is 0 Å². The number of unbranched alkanes of at least 4 members (excludes halogenated alkanes) is 1. The summed E-state index contributed by atoms with van der Waals surface area (Å²) in [4.78, 5) is 30.2. The molecule has 38 heavy (non-hydrogen) atoms. The van der Waals surface area contributed by atoms with Crippen LogP contribution in [-0.4, -0.2) is 23.0 Å². The number of amides is 1. The van der Waals surface area contributed by atoms with Gasteiger partial charge in [0.15, 0.2) is 0 Å². The van der Waals surface area contributed by atoms with Crippen molar-refractivity contribution in [2.75, 3.05) is 10.2 Å². The third kappa shape index (κ3) is 5.37. The number of carbonyl (C=O) groups excluding carboxylic acids is 1. The first-order chi connectivity index (χ1) is 17.8. The number of H-pyrrole nitrogens is 1. The standard InChI is InChI=1S/C27H27F6N3O2/c1-3-4-6-16-10-9-15(2)36(16)17-11-12-21(20(13-17)27(31,32)33)35-25(38)18-14-34-22-8-5-7-19(26(28,29)30)23(22)24(18)37/h5,7-8,11-16H,3-4,6,9-10H2,1-2H3,(H,34,37)(H,35,38). The SMILES string of the molecule is CCCCC1CCC(C)N1c1ccc(NC(=O)c2c[nH]c3cccc(C(F)(F)F)c3c2=O)c(C(F)(F)F)c1. The van der Waals surface area contributed by atoms with Crippen LogP contribution in [0, 0.1) is 0 Å². The number of aromatic nitrogens is 1. The summed E-state index contributed by atoms with van der Waals surface area (Å²) in [5.41, 5.74) is -4.70. The molecule has 5 nitrogen and oxygen atoms in total. The fourth-order valence-corrected chi connectivity index (χ4v) is 5.16. The zero-order valence-electron chi connectivity index (χ0n) is 20.8. The lowest BCUT2D eigenvalue weighted by Gasteiger charge is -2.32. The number of aromatic amines is 1. The zero-order valence-corrected chi connectivity index (χ0v) is 20.8. The van der Waals surface area contributed by atoms with Gasteiger partial charge in [0.25, 0.3) is 5.91 Å². The Labute approximate surface area is 214 Å². The first-order valence-electron chi connectivity index (χ1n) is 12.4. The molecule has 1 aromatic heterocycles. The number of hydrogen-bond acceptors (Lipinski definition) is 3. The second-order valence-corrected chi connectivity index (χ2v) is 9.57. The zero-order chi connectivity index (χ0) is 27.8. The molecule has 3 aromatic rings. The molecule has 204 valence electrons. The molecule has 0 bridgehead atoms. The van der Waals surface area contributed by atoms with Crippen molar-refractivity contribution in [3.05, 3.63) is 69.5 Å². The van der Waals surface area contributed by atoms with E-state index in [0.29, 0.717) is 11.8 Å². The molecule has 2 heterocycles. The second kappa shape index (κ2) is 10.3. The Kier molecular flexibility index (Phi) is 7.49. The number of pyridine rings is 1. The third-order valence-electron chi connectivity index (χ3n) is 6.99. The number of carbonyl (C=O) groups is 1. The minimum Gasteiger partial charge on any atom is -0.366 e. The molecule has 2 aromatic carbocycles. The lowest BCUT2D eigenvalue weighted by atomic mass is 10.0. The third-order valence-corrected chi connectivity index (χ3v) is 6.99. The molecule has 0 aliphatic carbocycles. The van der Waals surface area contributed by atoms with Crippen LogP contribution in [-0.2, 0) is 12.4 Å². The number of alkyl halides is 6. The Morgan fingerprint density at radius 1 is 1.05 bits per heavy atom. The number of nitrogens with one attached hydrogen (secondary N) is 2. The largest absolute Gasteiger partial charge is 0.418 e. The van der Waals surface area contributed by atoms with Crippen LogP contribution in [0.3, 0.4) is 0 Å². The maximum atomic E-state index is 14.1. The number of benzene rings is 2. The first-order valence-corrected chi connectivity index (χ1v) is 12.4. The molecule has 0 radical (unpaired) electrons. The number of hydrogen-bond donors (Lipinski definition) is 2. The fraction of sp³-hybridized carbons (Fsp3) is 0.407. The molecule has 0 saturated carbocycles. The smallest absolute Gasteiger partial charge is 0.366 e. The van der Waals surface area contributed by atoms with Crippen molar-refractivity contribution in [2.45, 2.75) is 70.4 Å². The van der Waals surface area contributed by atoms with Gasteiger partial charge in [-0.3, -0.25) is 9.59 Å². The molecule has 2 unspecified atom stereocenters. The normalized spacial score (nSPS) is 18.3. The lowest BCUT2D eigenvalue weighted by molar-refractivity contribution is -0.137. The summed E-state index contributed by atoms with van der Waals surface area (Å²) in [7, 11) is 0. The van der Waals surface area contributed by atoms with E-state index in [1.165, 1.54) is 12.1 Å².